The number of rotatable bonds is 8. The van der Waals surface area contributed by atoms with Gasteiger partial charge in [-0.05, 0) is 31.2 Å². The van der Waals surface area contributed by atoms with E-state index in [-0.39, 0.29) is 28.7 Å². The molecule has 0 aliphatic rings. The van der Waals surface area contributed by atoms with Crippen LogP contribution in [0.25, 0.3) is 0 Å². The molecule has 0 bridgehead atoms. The molecule has 0 atom stereocenters. The van der Waals surface area contributed by atoms with Crippen LogP contribution in [0.1, 0.15) is 17.3 Å². The SMILES string of the molecule is CCOc1c(Cl)cccc1NC(=O)c1cc(Cl)c(OCC(N)=O)c(OC)c1. The van der Waals surface area contributed by atoms with Gasteiger partial charge in [0, 0.05) is 5.56 Å². The van der Waals surface area contributed by atoms with Gasteiger partial charge in [-0.25, -0.2) is 0 Å². The Labute approximate surface area is 166 Å². The van der Waals surface area contributed by atoms with Crippen molar-refractivity contribution in [3.63, 3.8) is 0 Å². The van der Waals surface area contributed by atoms with Gasteiger partial charge in [-0.15, -0.1) is 0 Å². The van der Waals surface area contributed by atoms with E-state index in [9.17, 15) is 9.59 Å². The first-order valence-corrected chi connectivity index (χ1v) is 8.64. The fourth-order valence-corrected chi connectivity index (χ4v) is 2.72. The average Bonchev–Trinajstić information content (AvgIpc) is 2.62. The van der Waals surface area contributed by atoms with Crippen LogP contribution < -0.4 is 25.3 Å². The maximum absolute atomic E-state index is 12.6. The fraction of sp³-hybridized carbons (Fsp3) is 0.222. The first-order valence-electron chi connectivity index (χ1n) is 7.88. The third-order valence-electron chi connectivity index (χ3n) is 3.35. The Hall–Kier alpha value is -2.64. The number of primary amides is 1. The number of carbonyl (C=O) groups excluding carboxylic acids is 2. The van der Waals surface area contributed by atoms with E-state index in [0.29, 0.717) is 23.1 Å². The van der Waals surface area contributed by atoms with Gasteiger partial charge in [0.05, 0.1) is 29.4 Å². The monoisotopic (exact) mass is 412 g/mol. The number of para-hydroxylation sites is 1. The molecule has 0 aliphatic carbocycles. The Morgan fingerprint density at radius 1 is 1.11 bits per heavy atom. The minimum atomic E-state index is -0.667. The Bertz CT molecular complexity index is 858. The van der Waals surface area contributed by atoms with Gasteiger partial charge in [0.2, 0.25) is 0 Å². The van der Waals surface area contributed by atoms with E-state index in [2.05, 4.69) is 5.32 Å². The summed E-state index contributed by atoms with van der Waals surface area (Å²) in [6.45, 7) is 1.82. The molecule has 9 heteroatoms. The summed E-state index contributed by atoms with van der Waals surface area (Å²) in [5, 5.41) is 3.19. The lowest BCUT2D eigenvalue weighted by atomic mass is 10.1. The molecule has 0 spiro atoms. The Balaban J connectivity index is 2.31. The van der Waals surface area contributed by atoms with Crippen molar-refractivity contribution in [3.05, 3.63) is 45.9 Å². The number of carbonyl (C=O) groups is 2. The second-order valence-electron chi connectivity index (χ2n) is 5.25. The first kappa shape index (κ1) is 20.7. The van der Waals surface area contributed by atoms with E-state index in [4.69, 9.17) is 43.1 Å². The lowest BCUT2D eigenvalue weighted by Crippen LogP contribution is -2.20. The zero-order valence-corrected chi connectivity index (χ0v) is 16.2. The van der Waals surface area contributed by atoms with Gasteiger partial charge in [0.25, 0.3) is 11.8 Å². The molecule has 0 fully saturated rings. The summed E-state index contributed by atoms with van der Waals surface area (Å²) in [5.74, 6) is -0.453. The van der Waals surface area contributed by atoms with Gasteiger partial charge < -0.3 is 25.3 Å². The van der Waals surface area contributed by atoms with Crippen LogP contribution in [0.3, 0.4) is 0 Å². The van der Waals surface area contributed by atoms with Gasteiger partial charge in [0.15, 0.2) is 23.9 Å². The predicted molar refractivity (Wildman–Crippen MR) is 103 cm³/mol. The van der Waals surface area contributed by atoms with Crippen LogP contribution in [-0.2, 0) is 4.79 Å². The van der Waals surface area contributed by atoms with E-state index in [0.717, 1.165) is 0 Å². The topological polar surface area (TPSA) is 99.9 Å². The molecular weight excluding hydrogens is 395 g/mol. The maximum atomic E-state index is 12.6. The summed E-state index contributed by atoms with van der Waals surface area (Å²) in [4.78, 5) is 23.5. The smallest absolute Gasteiger partial charge is 0.255 e. The summed E-state index contributed by atoms with van der Waals surface area (Å²) in [6.07, 6.45) is 0. The number of nitrogens with one attached hydrogen (secondary N) is 1. The molecule has 0 aliphatic heterocycles. The van der Waals surface area contributed by atoms with Crippen LogP contribution in [-0.4, -0.2) is 32.1 Å². The second-order valence-corrected chi connectivity index (χ2v) is 6.06. The number of benzene rings is 2. The number of hydrogen-bond donors (Lipinski definition) is 2. The predicted octanol–water partition coefficient (Wildman–Crippen LogP) is 3.52. The number of ether oxygens (including phenoxy) is 3. The molecule has 3 N–H and O–H groups in total. The van der Waals surface area contributed by atoms with Crippen LogP contribution in [0, 0.1) is 0 Å². The summed E-state index contributed by atoms with van der Waals surface area (Å²) in [6, 6.07) is 7.84. The van der Waals surface area contributed by atoms with Gasteiger partial charge in [-0.3, -0.25) is 9.59 Å². The van der Waals surface area contributed by atoms with Gasteiger partial charge >= 0.3 is 0 Å². The van der Waals surface area contributed by atoms with E-state index < -0.39 is 11.8 Å². The van der Waals surface area contributed by atoms with Crippen molar-refractivity contribution < 1.29 is 23.8 Å². The van der Waals surface area contributed by atoms with Crippen molar-refractivity contribution in [2.24, 2.45) is 5.73 Å². The number of halogens is 2. The normalized spacial score (nSPS) is 10.2. The molecule has 7 nitrogen and oxygen atoms in total. The molecule has 0 heterocycles. The molecular formula is C18H18Cl2N2O5. The first-order chi connectivity index (χ1) is 12.9. The largest absolute Gasteiger partial charge is 0.493 e. The van der Waals surface area contributed by atoms with Crippen molar-refractivity contribution in [1.82, 2.24) is 0 Å². The minimum absolute atomic E-state index is 0.0943. The lowest BCUT2D eigenvalue weighted by molar-refractivity contribution is -0.119. The third-order valence-corrected chi connectivity index (χ3v) is 3.93. The molecule has 2 amide bonds. The number of nitrogens with two attached hydrogens (primary N) is 1. The molecule has 27 heavy (non-hydrogen) atoms. The highest BCUT2D eigenvalue weighted by molar-refractivity contribution is 6.33. The molecule has 0 unspecified atom stereocenters. The third kappa shape index (κ3) is 5.18. The van der Waals surface area contributed by atoms with E-state index >= 15 is 0 Å². The molecule has 0 radical (unpaired) electrons. The van der Waals surface area contributed by atoms with Crippen LogP contribution in [0.5, 0.6) is 17.2 Å². The Morgan fingerprint density at radius 2 is 1.85 bits per heavy atom. The maximum Gasteiger partial charge on any atom is 0.255 e. The van der Waals surface area contributed by atoms with Crippen molar-refractivity contribution in [2.75, 3.05) is 25.6 Å². The number of anilines is 1. The number of methoxy groups -OCH3 is 1. The highest BCUT2D eigenvalue weighted by atomic mass is 35.5. The average molecular weight is 413 g/mol. The molecule has 0 aromatic heterocycles. The van der Waals surface area contributed by atoms with E-state index in [1.54, 1.807) is 18.2 Å². The van der Waals surface area contributed by atoms with E-state index in [1.165, 1.54) is 19.2 Å². The van der Waals surface area contributed by atoms with Crippen LogP contribution >= 0.6 is 23.2 Å². The van der Waals surface area contributed by atoms with Crippen molar-refractivity contribution >= 4 is 40.7 Å². The standard InChI is InChI=1S/C18H18Cl2N2O5/c1-3-26-16-11(19)5-4-6-13(16)22-18(24)10-7-12(20)17(14(8-10)25-2)27-9-15(21)23/h4-8H,3,9H2,1-2H3,(H2,21,23)(H,22,24). The molecule has 2 aromatic carbocycles. The van der Waals surface area contributed by atoms with E-state index in [1.807, 2.05) is 6.92 Å². The van der Waals surface area contributed by atoms with Crippen molar-refractivity contribution in [1.29, 1.82) is 0 Å². The van der Waals surface area contributed by atoms with Crippen LogP contribution in [0.15, 0.2) is 30.3 Å². The fourth-order valence-electron chi connectivity index (χ4n) is 2.23. The highest BCUT2D eigenvalue weighted by Gasteiger charge is 2.18. The van der Waals surface area contributed by atoms with Crippen molar-refractivity contribution in [2.45, 2.75) is 6.92 Å². The van der Waals surface area contributed by atoms with Gasteiger partial charge in [0.1, 0.15) is 0 Å². The van der Waals surface area contributed by atoms with Gasteiger partial charge in [-0.2, -0.15) is 0 Å². The molecule has 144 valence electrons. The summed E-state index contributed by atoms with van der Waals surface area (Å²) >= 11 is 12.3. The van der Waals surface area contributed by atoms with Crippen LogP contribution in [0.2, 0.25) is 10.0 Å². The number of amides is 2. The molecule has 0 saturated heterocycles. The quantitative estimate of drug-likeness (QED) is 0.690. The summed E-state index contributed by atoms with van der Waals surface area (Å²) < 4.78 is 15.9. The van der Waals surface area contributed by atoms with Crippen molar-refractivity contribution in [3.8, 4) is 17.2 Å². The second kappa shape index (κ2) is 9.34. The van der Waals surface area contributed by atoms with Crippen LogP contribution in [0.4, 0.5) is 5.69 Å². The molecule has 2 rings (SSSR count). The number of hydrogen-bond acceptors (Lipinski definition) is 5. The summed E-state index contributed by atoms with van der Waals surface area (Å²) in [7, 11) is 1.38. The zero-order valence-electron chi connectivity index (χ0n) is 14.7. The highest BCUT2D eigenvalue weighted by Crippen LogP contribution is 2.37. The molecule has 2 aromatic rings. The Morgan fingerprint density at radius 3 is 2.48 bits per heavy atom. The Kier molecular flexibility index (Phi) is 7.15. The molecule has 0 saturated carbocycles. The lowest BCUT2D eigenvalue weighted by Gasteiger charge is -2.15. The minimum Gasteiger partial charge on any atom is -0.493 e. The summed E-state index contributed by atoms with van der Waals surface area (Å²) in [5.41, 5.74) is 5.69. The zero-order chi connectivity index (χ0) is 20.0. The van der Waals surface area contributed by atoms with Gasteiger partial charge in [-0.1, -0.05) is 29.3 Å².